The van der Waals surface area contributed by atoms with E-state index in [2.05, 4.69) is 54.6 Å². The highest BCUT2D eigenvalue weighted by atomic mass is 16.4. The summed E-state index contributed by atoms with van der Waals surface area (Å²) >= 11 is 0. The lowest BCUT2D eigenvalue weighted by molar-refractivity contribution is 0.619. The molecule has 0 fully saturated rings. The van der Waals surface area contributed by atoms with Crippen LogP contribution in [0.2, 0.25) is 0 Å². The smallest absolute Gasteiger partial charge is 0.227 e. The zero-order valence-electron chi connectivity index (χ0n) is 26.6. The Morgan fingerprint density at radius 2 is 0.940 bits per heavy atom. The highest BCUT2D eigenvalue weighted by molar-refractivity contribution is 6.19. The summed E-state index contributed by atoms with van der Waals surface area (Å²) in [6.07, 6.45) is 0. The summed E-state index contributed by atoms with van der Waals surface area (Å²) in [6.45, 7) is 0. The van der Waals surface area contributed by atoms with E-state index < -0.39 is 0 Å². The Morgan fingerprint density at radius 1 is 0.340 bits per heavy atom. The van der Waals surface area contributed by atoms with E-state index in [4.69, 9.17) is 28.8 Å². The Hall–Kier alpha value is -6.92. The molecule has 6 nitrogen and oxygen atoms in total. The molecule has 10 aromatic rings. The van der Waals surface area contributed by atoms with Gasteiger partial charge in [-0.1, -0.05) is 109 Å². The number of hydrogen-bond acceptors (Lipinski definition) is 6. The standard InChI is InChI=1S/C44H26N4O2/c1-4-11-27(12-5-1)30-17-10-18-32(23-30)42-46-41(28-13-6-2-7-14-28)47-43(48-42)33-20-19-31-25-35-38(26-34(31)24-33)49-36-21-22-37-40(39(35)36)45-44(50-37)29-15-8-3-9-16-29/h1-26H. The Labute approximate surface area is 286 Å². The van der Waals surface area contributed by atoms with Gasteiger partial charge in [0.2, 0.25) is 5.89 Å². The molecule has 6 heteroatoms. The van der Waals surface area contributed by atoms with Crippen molar-refractivity contribution in [2.75, 3.05) is 0 Å². The molecule has 50 heavy (non-hydrogen) atoms. The van der Waals surface area contributed by atoms with Gasteiger partial charge in [0.15, 0.2) is 23.1 Å². The summed E-state index contributed by atoms with van der Waals surface area (Å²) in [4.78, 5) is 19.9. The normalized spacial score (nSPS) is 11.6. The molecule has 0 aliphatic heterocycles. The number of rotatable bonds is 5. The van der Waals surface area contributed by atoms with Crippen molar-refractivity contribution in [3.8, 4) is 56.7 Å². The van der Waals surface area contributed by atoms with Gasteiger partial charge in [-0.15, -0.1) is 0 Å². The van der Waals surface area contributed by atoms with Crippen LogP contribution in [-0.4, -0.2) is 19.9 Å². The van der Waals surface area contributed by atoms with Crippen LogP contribution in [0.15, 0.2) is 167 Å². The minimum Gasteiger partial charge on any atom is -0.456 e. The number of aromatic nitrogens is 4. The summed E-state index contributed by atoms with van der Waals surface area (Å²) in [7, 11) is 0. The van der Waals surface area contributed by atoms with Crippen molar-refractivity contribution in [3.05, 3.63) is 158 Å². The maximum atomic E-state index is 6.41. The number of nitrogens with zero attached hydrogens (tertiary/aromatic N) is 4. The summed E-state index contributed by atoms with van der Waals surface area (Å²) in [5.74, 6) is 2.43. The summed E-state index contributed by atoms with van der Waals surface area (Å²) < 4.78 is 12.6. The first-order valence-electron chi connectivity index (χ1n) is 16.5. The number of furan rings is 1. The van der Waals surface area contributed by atoms with Gasteiger partial charge in [-0.25, -0.2) is 19.9 Å². The molecule has 0 aliphatic rings. The number of oxazole rings is 1. The summed E-state index contributed by atoms with van der Waals surface area (Å²) in [5, 5.41) is 4.03. The minimum atomic E-state index is 0.589. The molecule has 10 rings (SSSR count). The second-order valence-electron chi connectivity index (χ2n) is 12.3. The van der Waals surface area contributed by atoms with Crippen LogP contribution in [0.4, 0.5) is 0 Å². The Morgan fingerprint density at radius 3 is 1.68 bits per heavy atom. The van der Waals surface area contributed by atoms with E-state index in [1.807, 2.05) is 103 Å². The number of benzene rings is 7. The molecule has 7 aromatic carbocycles. The summed E-state index contributed by atoms with van der Waals surface area (Å²) in [5.41, 5.74) is 8.97. The second-order valence-corrected chi connectivity index (χ2v) is 12.3. The van der Waals surface area contributed by atoms with E-state index in [1.54, 1.807) is 0 Å². The van der Waals surface area contributed by atoms with E-state index in [-0.39, 0.29) is 0 Å². The minimum absolute atomic E-state index is 0.589. The molecular formula is C44H26N4O2. The third-order valence-corrected chi connectivity index (χ3v) is 9.12. The Balaban J connectivity index is 1.11. The molecular weight excluding hydrogens is 617 g/mol. The quantitative estimate of drug-likeness (QED) is 0.186. The van der Waals surface area contributed by atoms with Gasteiger partial charge < -0.3 is 8.83 Å². The predicted molar refractivity (Wildman–Crippen MR) is 199 cm³/mol. The van der Waals surface area contributed by atoms with Gasteiger partial charge in [-0.2, -0.15) is 0 Å². The van der Waals surface area contributed by atoms with Crippen LogP contribution in [0.5, 0.6) is 0 Å². The molecule has 0 bridgehead atoms. The first-order valence-corrected chi connectivity index (χ1v) is 16.5. The van der Waals surface area contributed by atoms with E-state index in [9.17, 15) is 0 Å². The van der Waals surface area contributed by atoms with Crippen molar-refractivity contribution in [1.29, 1.82) is 0 Å². The van der Waals surface area contributed by atoms with Crippen molar-refractivity contribution in [1.82, 2.24) is 19.9 Å². The predicted octanol–water partition coefficient (Wildman–Crippen LogP) is 11.4. The molecule has 3 heterocycles. The number of hydrogen-bond donors (Lipinski definition) is 0. The van der Waals surface area contributed by atoms with E-state index in [0.29, 0.717) is 23.4 Å². The second kappa shape index (κ2) is 11.4. The average molecular weight is 643 g/mol. The highest BCUT2D eigenvalue weighted by Crippen LogP contribution is 2.39. The third-order valence-electron chi connectivity index (χ3n) is 9.12. The van der Waals surface area contributed by atoms with Crippen molar-refractivity contribution < 1.29 is 8.83 Å². The van der Waals surface area contributed by atoms with Gasteiger partial charge in [-0.3, -0.25) is 0 Å². The van der Waals surface area contributed by atoms with Gasteiger partial charge in [0.1, 0.15) is 16.7 Å². The summed E-state index contributed by atoms with van der Waals surface area (Å²) in [6, 6.07) is 53.1. The van der Waals surface area contributed by atoms with E-state index in [0.717, 1.165) is 77.2 Å². The van der Waals surface area contributed by atoms with Crippen molar-refractivity contribution in [2.24, 2.45) is 0 Å². The van der Waals surface area contributed by atoms with Crippen LogP contribution in [0.1, 0.15) is 0 Å². The molecule has 3 aromatic heterocycles. The topological polar surface area (TPSA) is 77.8 Å². The van der Waals surface area contributed by atoms with E-state index in [1.165, 1.54) is 0 Å². The maximum absolute atomic E-state index is 6.41. The fourth-order valence-electron chi connectivity index (χ4n) is 6.66. The first-order chi connectivity index (χ1) is 24.7. The van der Waals surface area contributed by atoms with Crippen LogP contribution < -0.4 is 0 Å². The van der Waals surface area contributed by atoms with E-state index >= 15 is 0 Å². The third kappa shape index (κ3) is 4.81. The SMILES string of the molecule is c1ccc(-c2cccc(-c3nc(-c4ccccc4)nc(-c4ccc5cc6c(cc5c4)oc4ccc5oc(-c7ccccc7)nc5c46)n3)c2)cc1. The molecule has 0 spiro atoms. The zero-order chi connectivity index (χ0) is 33.0. The lowest BCUT2D eigenvalue weighted by Crippen LogP contribution is -2.00. The van der Waals surface area contributed by atoms with Crippen LogP contribution in [0.3, 0.4) is 0 Å². The molecule has 0 N–H and O–H groups in total. The monoisotopic (exact) mass is 642 g/mol. The molecule has 0 saturated carbocycles. The van der Waals surface area contributed by atoms with Gasteiger partial charge in [0, 0.05) is 27.6 Å². The molecule has 0 amide bonds. The van der Waals surface area contributed by atoms with Crippen molar-refractivity contribution in [2.45, 2.75) is 0 Å². The molecule has 0 aliphatic carbocycles. The molecule has 0 radical (unpaired) electrons. The van der Waals surface area contributed by atoms with Crippen LogP contribution >= 0.6 is 0 Å². The van der Waals surface area contributed by atoms with Crippen LogP contribution in [0, 0.1) is 0 Å². The molecule has 0 atom stereocenters. The Kier molecular flexibility index (Phi) is 6.39. The average Bonchev–Trinajstić information content (AvgIpc) is 3.79. The zero-order valence-corrected chi connectivity index (χ0v) is 26.6. The largest absolute Gasteiger partial charge is 0.456 e. The van der Waals surface area contributed by atoms with Crippen molar-refractivity contribution in [3.63, 3.8) is 0 Å². The lowest BCUT2D eigenvalue weighted by atomic mass is 10.0. The number of fused-ring (bicyclic) bond motifs is 6. The van der Waals surface area contributed by atoms with Gasteiger partial charge >= 0.3 is 0 Å². The van der Waals surface area contributed by atoms with Crippen molar-refractivity contribution >= 4 is 43.8 Å². The fourth-order valence-corrected chi connectivity index (χ4v) is 6.66. The fraction of sp³-hybridized carbons (Fsp3) is 0. The highest BCUT2D eigenvalue weighted by Gasteiger charge is 2.18. The first kappa shape index (κ1) is 28.1. The van der Waals surface area contributed by atoms with Gasteiger partial charge in [-0.05, 0) is 70.4 Å². The lowest BCUT2D eigenvalue weighted by Gasteiger charge is -2.10. The molecule has 0 saturated heterocycles. The van der Waals surface area contributed by atoms with Crippen LogP contribution in [0.25, 0.3) is 101 Å². The Bertz CT molecular complexity index is 2860. The van der Waals surface area contributed by atoms with Crippen LogP contribution in [-0.2, 0) is 0 Å². The molecule has 234 valence electrons. The maximum Gasteiger partial charge on any atom is 0.227 e. The van der Waals surface area contributed by atoms with Gasteiger partial charge in [0.25, 0.3) is 0 Å². The van der Waals surface area contributed by atoms with Gasteiger partial charge in [0.05, 0.1) is 5.39 Å². The molecule has 0 unspecified atom stereocenters.